The van der Waals surface area contributed by atoms with Gasteiger partial charge in [0.05, 0.1) is 4.91 Å². The minimum atomic E-state index is -0.0375. The predicted molar refractivity (Wildman–Crippen MR) is 89.2 cm³/mol. The van der Waals surface area contributed by atoms with Gasteiger partial charge in [0.25, 0.3) is 5.91 Å². The van der Waals surface area contributed by atoms with E-state index in [-0.39, 0.29) is 5.91 Å². The second kappa shape index (κ2) is 5.99. The van der Waals surface area contributed by atoms with Gasteiger partial charge in [-0.15, -0.1) is 6.58 Å². The zero-order valence-corrected chi connectivity index (χ0v) is 13.2. The third kappa shape index (κ3) is 2.84. The van der Waals surface area contributed by atoms with Gasteiger partial charge in [-0.3, -0.25) is 9.69 Å². The molecular formula is C13H10INOS2. The molecule has 0 saturated carbocycles. The Bertz CT molecular complexity index is 554. The van der Waals surface area contributed by atoms with Crippen molar-refractivity contribution >= 4 is 62.9 Å². The standard InChI is InChI=1S/C13H10INOS2/c1-2-7-15-12(16)11(18-13(15)17)8-9-5-3-4-6-10(9)14/h2-6,8H,1,7H2. The van der Waals surface area contributed by atoms with Crippen LogP contribution in [0.15, 0.2) is 41.8 Å². The van der Waals surface area contributed by atoms with E-state index in [1.54, 1.807) is 11.0 Å². The van der Waals surface area contributed by atoms with E-state index >= 15 is 0 Å². The van der Waals surface area contributed by atoms with Crippen LogP contribution >= 0.6 is 46.6 Å². The van der Waals surface area contributed by atoms with E-state index < -0.39 is 0 Å². The number of nitrogens with zero attached hydrogens (tertiary/aromatic N) is 1. The molecule has 2 rings (SSSR count). The van der Waals surface area contributed by atoms with Crippen molar-refractivity contribution in [2.24, 2.45) is 0 Å². The fourth-order valence-electron chi connectivity index (χ4n) is 1.52. The summed E-state index contributed by atoms with van der Waals surface area (Å²) >= 11 is 8.78. The summed E-state index contributed by atoms with van der Waals surface area (Å²) in [5, 5.41) is 0. The number of thiocarbonyl (C=S) groups is 1. The third-order valence-electron chi connectivity index (χ3n) is 2.38. The largest absolute Gasteiger partial charge is 0.289 e. The Hall–Kier alpha value is -0.660. The lowest BCUT2D eigenvalue weighted by Crippen LogP contribution is -2.27. The molecule has 5 heteroatoms. The van der Waals surface area contributed by atoms with Crippen LogP contribution in [0.1, 0.15) is 5.56 Å². The van der Waals surface area contributed by atoms with Crippen molar-refractivity contribution in [1.82, 2.24) is 4.90 Å². The number of rotatable bonds is 3. The van der Waals surface area contributed by atoms with Gasteiger partial charge in [-0.25, -0.2) is 0 Å². The summed E-state index contributed by atoms with van der Waals surface area (Å²) in [6, 6.07) is 7.93. The number of thioether (sulfide) groups is 1. The highest BCUT2D eigenvalue weighted by molar-refractivity contribution is 14.1. The zero-order chi connectivity index (χ0) is 13.1. The molecule has 0 N–H and O–H groups in total. The average molecular weight is 387 g/mol. The van der Waals surface area contributed by atoms with Crippen LogP contribution < -0.4 is 0 Å². The number of carbonyl (C=O) groups is 1. The van der Waals surface area contributed by atoms with Gasteiger partial charge in [0.15, 0.2) is 0 Å². The van der Waals surface area contributed by atoms with Crippen molar-refractivity contribution in [1.29, 1.82) is 0 Å². The van der Waals surface area contributed by atoms with Gasteiger partial charge in [-0.05, 0) is 40.3 Å². The maximum absolute atomic E-state index is 12.1. The molecule has 0 atom stereocenters. The highest BCUT2D eigenvalue weighted by Crippen LogP contribution is 2.32. The molecule has 1 aromatic carbocycles. The predicted octanol–water partition coefficient (Wildman–Crippen LogP) is 3.68. The van der Waals surface area contributed by atoms with Crippen molar-refractivity contribution in [3.8, 4) is 0 Å². The van der Waals surface area contributed by atoms with Gasteiger partial charge in [-0.2, -0.15) is 0 Å². The summed E-state index contributed by atoms with van der Waals surface area (Å²) in [5.74, 6) is -0.0375. The van der Waals surface area contributed by atoms with Crippen LogP contribution in [0.3, 0.4) is 0 Å². The van der Waals surface area contributed by atoms with E-state index in [0.717, 1.165) is 9.13 Å². The number of benzene rings is 1. The molecule has 0 bridgehead atoms. The first-order valence-electron chi connectivity index (χ1n) is 5.24. The number of amides is 1. The van der Waals surface area contributed by atoms with Gasteiger partial charge in [0.2, 0.25) is 0 Å². The summed E-state index contributed by atoms with van der Waals surface area (Å²) < 4.78 is 1.71. The summed E-state index contributed by atoms with van der Waals surface area (Å²) in [5.41, 5.74) is 1.04. The Morgan fingerprint density at radius 3 is 2.83 bits per heavy atom. The van der Waals surface area contributed by atoms with E-state index in [4.69, 9.17) is 12.2 Å². The molecule has 1 saturated heterocycles. The zero-order valence-electron chi connectivity index (χ0n) is 9.43. The number of hydrogen-bond acceptors (Lipinski definition) is 3. The van der Waals surface area contributed by atoms with E-state index in [1.807, 2.05) is 30.3 Å². The molecule has 1 heterocycles. The summed E-state index contributed by atoms with van der Waals surface area (Å²) in [6.07, 6.45) is 3.57. The first-order valence-corrected chi connectivity index (χ1v) is 7.54. The normalized spacial score (nSPS) is 17.6. The number of hydrogen-bond donors (Lipinski definition) is 0. The fraction of sp³-hybridized carbons (Fsp3) is 0.0769. The Morgan fingerprint density at radius 2 is 2.17 bits per heavy atom. The van der Waals surface area contributed by atoms with Crippen LogP contribution in [0.4, 0.5) is 0 Å². The lowest BCUT2D eigenvalue weighted by molar-refractivity contribution is -0.121. The smallest absolute Gasteiger partial charge is 0.266 e. The molecule has 0 unspecified atom stereocenters. The first kappa shape index (κ1) is 13.8. The van der Waals surface area contributed by atoms with E-state index in [0.29, 0.717) is 15.8 Å². The Balaban J connectivity index is 2.31. The maximum atomic E-state index is 12.1. The van der Waals surface area contributed by atoms with Crippen LogP contribution in [0, 0.1) is 3.57 Å². The molecule has 1 aromatic rings. The van der Waals surface area contributed by atoms with Gasteiger partial charge >= 0.3 is 0 Å². The molecule has 1 amide bonds. The van der Waals surface area contributed by atoms with E-state index in [9.17, 15) is 4.79 Å². The minimum absolute atomic E-state index is 0.0375. The molecule has 1 aliphatic heterocycles. The summed E-state index contributed by atoms with van der Waals surface area (Å²) in [4.78, 5) is 14.4. The van der Waals surface area contributed by atoms with Crippen LogP contribution in [0.2, 0.25) is 0 Å². The Morgan fingerprint density at radius 1 is 1.44 bits per heavy atom. The Kier molecular flexibility index (Phi) is 4.58. The van der Waals surface area contributed by atoms with Gasteiger partial charge in [0.1, 0.15) is 4.32 Å². The van der Waals surface area contributed by atoms with Crippen molar-refractivity contribution in [3.05, 3.63) is 51.0 Å². The molecule has 1 aliphatic rings. The topological polar surface area (TPSA) is 20.3 Å². The molecule has 18 heavy (non-hydrogen) atoms. The molecule has 1 fully saturated rings. The van der Waals surface area contributed by atoms with Gasteiger partial charge in [-0.1, -0.05) is 48.3 Å². The van der Waals surface area contributed by atoms with Crippen molar-refractivity contribution in [2.45, 2.75) is 0 Å². The number of halogens is 1. The van der Waals surface area contributed by atoms with Crippen LogP contribution in [0.5, 0.6) is 0 Å². The second-order valence-corrected chi connectivity index (χ2v) is 6.44. The first-order chi connectivity index (χ1) is 8.63. The molecule has 0 aromatic heterocycles. The highest BCUT2D eigenvalue weighted by Gasteiger charge is 2.30. The quantitative estimate of drug-likeness (QED) is 0.342. The minimum Gasteiger partial charge on any atom is -0.289 e. The molecular weight excluding hydrogens is 377 g/mol. The Labute approximate surface area is 129 Å². The summed E-state index contributed by atoms with van der Waals surface area (Å²) in [7, 11) is 0. The second-order valence-electron chi connectivity index (χ2n) is 3.60. The molecule has 0 radical (unpaired) electrons. The maximum Gasteiger partial charge on any atom is 0.266 e. The van der Waals surface area contributed by atoms with Gasteiger partial charge < -0.3 is 0 Å². The van der Waals surface area contributed by atoms with E-state index in [1.165, 1.54) is 11.8 Å². The lowest BCUT2D eigenvalue weighted by atomic mass is 10.2. The van der Waals surface area contributed by atoms with Gasteiger partial charge in [0, 0.05) is 10.1 Å². The highest BCUT2D eigenvalue weighted by atomic mass is 127. The van der Waals surface area contributed by atoms with Crippen LogP contribution in [0.25, 0.3) is 6.08 Å². The number of carbonyl (C=O) groups excluding carboxylic acids is 1. The summed E-state index contributed by atoms with van der Waals surface area (Å²) in [6.45, 7) is 4.10. The molecule has 2 nitrogen and oxygen atoms in total. The molecule has 0 spiro atoms. The van der Waals surface area contributed by atoms with Crippen molar-refractivity contribution in [3.63, 3.8) is 0 Å². The third-order valence-corrected chi connectivity index (χ3v) is 4.74. The van der Waals surface area contributed by atoms with Crippen LogP contribution in [-0.2, 0) is 4.79 Å². The SMILES string of the molecule is C=CCN1C(=O)C(=Cc2ccccc2I)SC1=S. The van der Waals surface area contributed by atoms with E-state index in [2.05, 4.69) is 29.2 Å². The fourth-order valence-corrected chi connectivity index (χ4v) is 3.33. The van der Waals surface area contributed by atoms with Crippen molar-refractivity contribution in [2.75, 3.05) is 6.54 Å². The molecule has 92 valence electrons. The van der Waals surface area contributed by atoms with Crippen LogP contribution in [-0.4, -0.2) is 21.7 Å². The monoisotopic (exact) mass is 387 g/mol. The van der Waals surface area contributed by atoms with Crippen molar-refractivity contribution < 1.29 is 4.79 Å². The average Bonchev–Trinajstić information content (AvgIpc) is 2.60. The lowest BCUT2D eigenvalue weighted by Gasteiger charge is -2.10. The molecule has 0 aliphatic carbocycles.